The molecule has 0 bridgehead atoms. The molecule has 2 heterocycles. The molecule has 2 aromatic rings. The van der Waals surface area contributed by atoms with Crippen LogP contribution in [0.1, 0.15) is 22.5 Å². The number of thiophene rings is 1. The molecule has 0 aliphatic carbocycles. The van der Waals surface area contributed by atoms with Crippen LogP contribution in [0, 0.1) is 5.82 Å². The van der Waals surface area contributed by atoms with E-state index in [1.165, 1.54) is 35.6 Å². The van der Waals surface area contributed by atoms with Gasteiger partial charge in [-0.25, -0.2) is 4.39 Å². The Morgan fingerprint density at radius 3 is 2.31 bits per heavy atom. The average Bonchev–Trinajstić information content (AvgIpc) is 3.14. The van der Waals surface area contributed by atoms with E-state index in [4.69, 9.17) is 11.6 Å². The third kappa shape index (κ3) is 6.35. The molecule has 9 heteroatoms. The number of amides is 2. The van der Waals surface area contributed by atoms with Crippen molar-refractivity contribution >= 4 is 46.2 Å². The van der Waals surface area contributed by atoms with E-state index in [-0.39, 0.29) is 42.8 Å². The Morgan fingerprint density at radius 2 is 1.69 bits per heavy atom. The van der Waals surface area contributed by atoms with Gasteiger partial charge in [0.15, 0.2) is 5.78 Å². The lowest BCUT2D eigenvalue weighted by molar-refractivity contribution is -0.133. The lowest BCUT2D eigenvalue weighted by Crippen LogP contribution is -2.50. The van der Waals surface area contributed by atoms with Crippen molar-refractivity contribution in [3.63, 3.8) is 0 Å². The van der Waals surface area contributed by atoms with Crippen LogP contribution < -0.4 is 5.32 Å². The van der Waals surface area contributed by atoms with Gasteiger partial charge < -0.3 is 10.2 Å². The van der Waals surface area contributed by atoms with Gasteiger partial charge >= 0.3 is 0 Å². The topological polar surface area (TPSA) is 69.7 Å². The number of carbonyl (C=O) groups is 3. The van der Waals surface area contributed by atoms with E-state index < -0.39 is 0 Å². The number of piperazine rings is 1. The van der Waals surface area contributed by atoms with Gasteiger partial charge in [-0.15, -0.1) is 11.3 Å². The van der Waals surface area contributed by atoms with Crippen molar-refractivity contribution < 1.29 is 18.8 Å². The van der Waals surface area contributed by atoms with Crippen molar-refractivity contribution in [2.45, 2.75) is 12.8 Å². The number of benzene rings is 1. The predicted molar refractivity (Wildman–Crippen MR) is 111 cm³/mol. The minimum Gasteiger partial charge on any atom is -0.340 e. The molecule has 1 aliphatic rings. The van der Waals surface area contributed by atoms with Crippen LogP contribution >= 0.6 is 22.9 Å². The molecule has 1 fully saturated rings. The van der Waals surface area contributed by atoms with Crippen molar-refractivity contribution in [3.05, 3.63) is 51.4 Å². The maximum Gasteiger partial charge on any atom is 0.238 e. The minimum absolute atomic E-state index is 0.0589. The highest BCUT2D eigenvalue weighted by Gasteiger charge is 2.23. The van der Waals surface area contributed by atoms with E-state index in [0.29, 0.717) is 41.1 Å². The first-order chi connectivity index (χ1) is 13.9. The molecule has 6 nitrogen and oxygen atoms in total. The van der Waals surface area contributed by atoms with Crippen LogP contribution in [0.25, 0.3) is 0 Å². The quantitative estimate of drug-likeness (QED) is 0.675. The van der Waals surface area contributed by atoms with Gasteiger partial charge in [0.25, 0.3) is 0 Å². The van der Waals surface area contributed by atoms with Crippen molar-refractivity contribution in [1.82, 2.24) is 9.80 Å². The lowest BCUT2D eigenvalue weighted by Gasteiger charge is -2.34. The molecule has 29 heavy (non-hydrogen) atoms. The Balaban J connectivity index is 1.38. The Bertz CT molecular complexity index is 879. The van der Waals surface area contributed by atoms with Gasteiger partial charge in [0.05, 0.1) is 15.8 Å². The molecule has 0 radical (unpaired) electrons. The van der Waals surface area contributed by atoms with Gasteiger partial charge in [-0.05, 0) is 36.4 Å². The number of Topliss-reactive ketones (excluding diaryl/α,β-unsaturated/α-hetero) is 1. The summed E-state index contributed by atoms with van der Waals surface area (Å²) in [6.07, 6.45) is 0.329. The summed E-state index contributed by atoms with van der Waals surface area (Å²) in [5.41, 5.74) is 0.543. The molecule has 0 spiro atoms. The number of anilines is 1. The van der Waals surface area contributed by atoms with Crippen LogP contribution in [-0.4, -0.2) is 60.1 Å². The molecule has 1 aromatic carbocycles. The van der Waals surface area contributed by atoms with E-state index in [0.717, 1.165) is 0 Å². The molecule has 1 aromatic heterocycles. The lowest BCUT2D eigenvalue weighted by atomic mass is 10.1. The number of ketones is 1. The van der Waals surface area contributed by atoms with E-state index in [2.05, 4.69) is 5.32 Å². The summed E-state index contributed by atoms with van der Waals surface area (Å²) in [6.45, 7) is 2.40. The van der Waals surface area contributed by atoms with Gasteiger partial charge in [-0.1, -0.05) is 11.6 Å². The summed E-state index contributed by atoms with van der Waals surface area (Å²) < 4.78 is 13.5. The molecule has 2 amide bonds. The highest BCUT2D eigenvalue weighted by molar-refractivity contribution is 7.18. The zero-order valence-corrected chi connectivity index (χ0v) is 17.3. The van der Waals surface area contributed by atoms with Crippen LogP contribution in [0.5, 0.6) is 0 Å². The molecule has 1 N–H and O–H groups in total. The summed E-state index contributed by atoms with van der Waals surface area (Å²) in [5.74, 6) is -0.677. The van der Waals surface area contributed by atoms with Crippen LogP contribution in [0.3, 0.4) is 0 Å². The van der Waals surface area contributed by atoms with Crippen molar-refractivity contribution in [1.29, 1.82) is 0 Å². The van der Waals surface area contributed by atoms with Gasteiger partial charge in [0.2, 0.25) is 11.8 Å². The number of nitrogens with one attached hydrogen (secondary N) is 1. The Morgan fingerprint density at radius 1 is 1.00 bits per heavy atom. The fourth-order valence-electron chi connectivity index (χ4n) is 3.06. The van der Waals surface area contributed by atoms with Crippen molar-refractivity contribution in [2.75, 3.05) is 38.0 Å². The standard InChI is InChI=1S/C20H21ClFN3O3S/c21-18-7-6-17(29-18)16(26)5-8-20(28)25-11-9-24(10-12-25)13-19(27)23-15-3-1-14(22)2-4-15/h1-4,6-7H,5,8-13H2,(H,23,27). The summed E-state index contributed by atoms with van der Waals surface area (Å²) >= 11 is 7.05. The maximum atomic E-state index is 12.9. The first kappa shape index (κ1) is 21.4. The minimum atomic E-state index is -0.357. The molecular formula is C20H21ClFN3O3S. The number of rotatable bonds is 7. The molecule has 0 unspecified atom stereocenters. The third-order valence-electron chi connectivity index (χ3n) is 4.63. The molecular weight excluding hydrogens is 417 g/mol. The monoisotopic (exact) mass is 437 g/mol. The first-order valence-electron chi connectivity index (χ1n) is 9.25. The zero-order chi connectivity index (χ0) is 20.8. The van der Waals surface area contributed by atoms with Crippen molar-refractivity contribution in [2.24, 2.45) is 0 Å². The summed E-state index contributed by atoms with van der Waals surface area (Å²) in [7, 11) is 0. The number of hydrogen-bond donors (Lipinski definition) is 1. The molecule has 0 atom stereocenters. The first-order valence-corrected chi connectivity index (χ1v) is 10.4. The molecule has 154 valence electrons. The number of carbonyl (C=O) groups excluding carboxylic acids is 3. The fraction of sp³-hybridized carbons (Fsp3) is 0.350. The number of hydrogen-bond acceptors (Lipinski definition) is 5. The Labute approximate surface area is 177 Å². The van der Waals surface area contributed by atoms with Gasteiger partial charge in [0.1, 0.15) is 5.82 Å². The zero-order valence-electron chi connectivity index (χ0n) is 15.7. The molecule has 3 rings (SSSR count). The highest BCUT2D eigenvalue weighted by Crippen LogP contribution is 2.23. The van der Waals surface area contributed by atoms with E-state index in [1.54, 1.807) is 17.0 Å². The number of halogens is 2. The predicted octanol–water partition coefficient (Wildman–Crippen LogP) is 3.29. The van der Waals surface area contributed by atoms with Crippen molar-refractivity contribution in [3.8, 4) is 0 Å². The summed E-state index contributed by atoms with van der Waals surface area (Å²) in [5, 5.41) is 2.73. The second-order valence-corrected chi connectivity index (χ2v) is 8.45. The third-order valence-corrected chi connectivity index (χ3v) is 5.91. The van der Waals surface area contributed by atoms with Gasteiger partial charge in [-0.3, -0.25) is 19.3 Å². The second kappa shape index (κ2) is 9.96. The van der Waals surface area contributed by atoms with Crippen LogP contribution in [0.2, 0.25) is 4.34 Å². The Hall–Kier alpha value is -2.29. The van der Waals surface area contributed by atoms with E-state index in [9.17, 15) is 18.8 Å². The fourth-order valence-corrected chi connectivity index (χ4v) is 4.07. The second-order valence-electron chi connectivity index (χ2n) is 6.74. The Kier molecular flexibility index (Phi) is 7.35. The summed E-state index contributed by atoms with van der Waals surface area (Å²) in [6, 6.07) is 8.95. The molecule has 0 saturated carbocycles. The van der Waals surface area contributed by atoms with Crippen LogP contribution in [-0.2, 0) is 9.59 Å². The molecule has 1 saturated heterocycles. The largest absolute Gasteiger partial charge is 0.340 e. The SMILES string of the molecule is O=C(CN1CCN(C(=O)CCC(=O)c2ccc(Cl)s2)CC1)Nc1ccc(F)cc1. The summed E-state index contributed by atoms with van der Waals surface area (Å²) in [4.78, 5) is 40.8. The van der Waals surface area contributed by atoms with Crippen LogP contribution in [0.15, 0.2) is 36.4 Å². The highest BCUT2D eigenvalue weighted by atomic mass is 35.5. The van der Waals surface area contributed by atoms with E-state index in [1.807, 2.05) is 4.90 Å². The van der Waals surface area contributed by atoms with Crippen LogP contribution in [0.4, 0.5) is 10.1 Å². The van der Waals surface area contributed by atoms with Gasteiger partial charge in [-0.2, -0.15) is 0 Å². The smallest absolute Gasteiger partial charge is 0.238 e. The number of nitrogens with zero attached hydrogens (tertiary/aromatic N) is 2. The average molecular weight is 438 g/mol. The van der Waals surface area contributed by atoms with Gasteiger partial charge in [0, 0.05) is 44.7 Å². The normalized spacial score (nSPS) is 14.6. The van der Waals surface area contributed by atoms with E-state index >= 15 is 0 Å². The maximum absolute atomic E-state index is 12.9. The molecule has 1 aliphatic heterocycles.